The second-order valence-electron chi connectivity index (χ2n) is 0.946. The summed E-state index contributed by atoms with van der Waals surface area (Å²) < 4.78 is 0. The Morgan fingerprint density at radius 2 is 0.800 bits per heavy atom. The van der Waals surface area contributed by atoms with Crippen molar-refractivity contribution < 1.29 is 34.3 Å². The van der Waals surface area contributed by atoms with E-state index >= 15 is 0 Å². The smallest absolute Gasteiger partial charge is 0.402 e. The first-order chi connectivity index (χ1) is 3.73. The van der Waals surface area contributed by atoms with E-state index in [0.29, 0.717) is 0 Å². The SMILES string of the molecule is OB(O)O.O[Si](O)(O)O.[Pb]. The molecule has 0 aliphatic rings. The van der Waals surface area contributed by atoms with Crippen LogP contribution in [-0.2, 0) is 0 Å². The maximum atomic E-state index is 7.33. The van der Waals surface area contributed by atoms with Gasteiger partial charge in [-0.2, -0.15) is 0 Å². The van der Waals surface area contributed by atoms with Crippen LogP contribution >= 0.6 is 0 Å². The Morgan fingerprint density at radius 1 is 0.800 bits per heavy atom. The van der Waals surface area contributed by atoms with Crippen molar-refractivity contribution in [2.24, 2.45) is 0 Å². The molecule has 60 valence electrons. The minimum absolute atomic E-state index is 0. The predicted molar refractivity (Wildman–Crippen MR) is 32.8 cm³/mol. The molecule has 10 heteroatoms. The first-order valence-corrected chi connectivity index (χ1v) is 3.46. The molecule has 0 saturated heterocycles. The van der Waals surface area contributed by atoms with E-state index in [0.717, 1.165) is 0 Å². The third-order valence-corrected chi connectivity index (χ3v) is 0. The van der Waals surface area contributed by atoms with Gasteiger partial charge >= 0.3 is 16.4 Å². The van der Waals surface area contributed by atoms with Gasteiger partial charge in [-0.25, -0.2) is 0 Å². The molecule has 0 rings (SSSR count). The van der Waals surface area contributed by atoms with Gasteiger partial charge in [-0.05, 0) is 0 Å². The van der Waals surface area contributed by atoms with Gasteiger partial charge in [0.1, 0.15) is 0 Å². The molecule has 0 heterocycles. The molecule has 0 saturated carbocycles. The van der Waals surface area contributed by atoms with E-state index in [9.17, 15) is 0 Å². The van der Waals surface area contributed by atoms with Gasteiger partial charge in [-0.1, -0.05) is 0 Å². The van der Waals surface area contributed by atoms with Crippen LogP contribution in [0.4, 0.5) is 0 Å². The average Bonchev–Trinajstić information content (AvgIpc) is 1.19. The van der Waals surface area contributed by atoms with Gasteiger partial charge in [0.25, 0.3) is 0 Å². The summed E-state index contributed by atoms with van der Waals surface area (Å²) >= 11 is 0. The predicted octanol–water partition coefficient (Wildman–Crippen LogP) is -5.04. The third kappa shape index (κ3) is 656. The van der Waals surface area contributed by atoms with Crippen LogP contribution in [0.5, 0.6) is 0 Å². The zero-order valence-electron chi connectivity index (χ0n) is 4.71. The van der Waals surface area contributed by atoms with E-state index in [4.69, 9.17) is 34.3 Å². The molecular weight excluding hydrogens is 358 g/mol. The normalized spacial score (nSPS) is 8.70. The van der Waals surface area contributed by atoms with Crippen LogP contribution in [0.2, 0.25) is 0 Å². The van der Waals surface area contributed by atoms with Crippen molar-refractivity contribution in [2.75, 3.05) is 0 Å². The summed E-state index contributed by atoms with van der Waals surface area (Å²) in [5, 5.41) is 21.5. The molecule has 0 unspecified atom stereocenters. The van der Waals surface area contributed by atoms with E-state index in [1.807, 2.05) is 0 Å². The molecule has 4 radical (unpaired) electrons. The van der Waals surface area contributed by atoms with E-state index in [-0.39, 0.29) is 27.3 Å². The van der Waals surface area contributed by atoms with Crippen LogP contribution in [0.25, 0.3) is 0 Å². The Bertz CT molecular complexity index is 50.4. The largest absolute Gasteiger partial charge is 0.668 e. The van der Waals surface area contributed by atoms with Gasteiger partial charge in [0.05, 0.1) is 0 Å². The van der Waals surface area contributed by atoms with Crippen LogP contribution in [-0.4, -0.2) is 77.9 Å². The fourth-order valence-electron chi connectivity index (χ4n) is 0. The van der Waals surface area contributed by atoms with E-state index < -0.39 is 16.4 Å². The van der Waals surface area contributed by atoms with Gasteiger partial charge in [0.2, 0.25) is 0 Å². The fourth-order valence-corrected chi connectivity index (χ4v) is 0. The van der Waals surface area contributed by atoms with E-state index in [1.54, 1.807) is 0 Å². The zero-order valence-corrected chi connectivity index (χ0v) is 9.60. The molecule has 0 aliphatic carbocycles. The number of hydrogen-bond donors (Lipinski definition) is 7. The van der Waals surface area contributed by atoms with E-state index in [2.05, 4.69) is 0 Å². The summed E-state index contributed by atoms with van der Waals surface area (Å²) in [7, 11) is -6.78. The third-order valence-electron chi connectivity index (χ3n) is 0. The van der Waals surface area contributed by atoms with Gasteiger partial charge in [-0.3, -0.25) is 0 Å². The van der Waals surface area contributed by atoms with Crippen molar-refractivity contribution in [3.8, 4) is 0 Å². The van der Waals surface area contributed by atoms with Crippen molar-refractivity contribution in [3.63, 3.8) is 0 Å². The fraction of sp³-hybridized carbons (Fsp3) is 0. The summed E-state index contributed by atoms with van der Waals surface area (Å²) in [5.41, 5.74) is 0. The minimum Gasteiger partial charge on any atom is -0.402 e. The maximum absolute atomic E-state index is 7.33. The van der Waals surface area contributed by atoms with Crippen LogP contribution in [0.3, 0.4) is 0 Å². The summed E-state index contributed by atoms with van der Waals surface area (Å²) in [4.78, 5) is 29.3. The minimum atomic E-state index is -4.61. The second-order valence-corrected chi connectivity index (χ2v) is 2.15. The number of rotatable bonds is 0. The van der Waals surface area contributed by atoms with Crippen molar-refractivity contribution in [2.45, 2.75) is 0 Å². The molecule has 0 aromatic rings. The Kier molecular flexibility index (Phi) is 13.7. The molecule has 0 atom stereocenters. The summed E-state index contributed by atoms with van der Waals surface area (Å²) in [5.74, 6) is 0. The second kappa shape index (κ2) is 8.02. The average molecular weight is 365 g/mol. The van der Waals surface area contributed by atoms with Crippen LogP contribution in [0.15, 0.2) is 0 Å². The molecule has 0 aromatic carbocycles. The van der Waals surface area contributed by atoms with Crippen molar-refractivity contribution in [1.29, 1.82) is 0 Å². The Balaban J connectivity index is -0.0000000910. The Labute approximate surface area is 78.0 Å². The molecule has 0 spiro atoms. The first kappa shape index (κ1) is 17.1. The molecular formula is H7BO7PbSi. The zero-order chi connectivity index (χ0) is 8.08. The summed E-state index contributed by atoms with van der Waals surface area (Å²) in [6.45, 7) is 0. The van der Waals surface area contributed by atoms with Crippen molar-refractivity contribution in [3.05, 3.63) is 0 Å². The molecule has 0 amide bonds. The molecule has 7 N–H and O–H groups in total. The first-order valence-electron chi connectivity index (χ1n) is 1.67. The quantitative estimate of drug-likeness (QED) is 0.213. The standard InChI is InChI=1S/BH3O3.H4O4Si.Pb/c2-1(3)4;1-5(2,3)4;/h2-4H;1-4H;. The number of hydrogen-bond acceptors (Lipinski definition) is 7. The molecule has 0 fully saturated rings. The molecule has 10 heavy (non-hydrogen) atoms. The maximum Gasteiger partial charge on any atom is 0.668 e. The van der Waals surface area contributed by atoms with Crippen LogP contribution in [0.1, 0.15) is 0 Å². The Morgan fingerprint density at radius 3 is 0.800 bits per heavy atom. The van der Waals surface area contributed by atoms with Gasteiger partial charge < -0.3 is 34.3 Å². The van der Waals surface area contributed by atoms with E-state index in [1.165, 1.54) is 0 Å². The molecule has 0 aromatic heterocycles. The topological polar surface area (TPSA) is 142 Å². The molecule has 7 nitrogen and oxygen atoms in total. The van der Waals surface area contributed by atoms with Gasteiger partial charge in [-0.15, -0.1) is 0 Å². The van der Waals surface area contributed by atoms with Crippen LogP contribution in [0, 0.1) is 0 Å². The van der Waals surface area contributed by atoms with Crippen LogP contribution < -0.4 is 0 Å². The monoisotopic (exact) mass is 366 g/mol. The Hall–Kier alpha value is 0.924. The molecule has 0 bridgehead atoms. The van der Waals surface area contributed by atoms with Gasteiger partial charge in [0, 0.05) is 27.3 Å². The van der Waals surface area contributed by atoms with Crippen molar-refractivity contribution >= 4 is 43.7 Å². The van der Waals surface area contributed by atoms with Gasteiger partial charge in [0.15, 0.2) is 0 Å². The molecule has 0 aliphatic heterocycles. The summed E-state index contributed by atoms with van der Waals surface area (Å²) in [6.07, 6.45) is 0. The van der Waals surface area contributed by atoms with Crippen molar-refractivity contribution in [1.82, 2.24) is 0 Å². The summed E-state index contributed by atoms with van der Waals surface area (Å²) in [6, 6.07) is 0.